The maximum Gasteiger partial charge on any atom is 0.311 e. The average molecular weight is 544 g/mol. The van der Waals surface area contributed by atoms with Crippen LogP contribution in [0.3, 0.4) is 0 Å². The molecule has 3 aliphatic heterocycles. The smallest absolute Gasteiger partial charge is 0.311 e. The molecule has 9 heteroatoms. The number of esters is 1. The van der Waals surface area contributed by atoms with E-state index in [0.717, 1.165) is 12.8 Å². The highest BCUT2D eigenvalue weighted by Crippen LogP contribution is 2.68. The lowest BCUT2D eigenvalue weighted by molar-refractivity contribution is -0.153. The minimum absolute atomic E-state index is 0.00171. The number of hydrogen-bond acceptors (Lipinski definition) is 6. The second kappa shape index (κ2) is 11.0. The second-order valence-electron chi connectivity index (χ2n) is 9.11. The molecule has 3 heterocycles. The van der Waals surface area contributed by atoms with Gasteiger partial charge in [0.05, 0.1) is 16.6 Å². The van der Waals surface area contributed by atoms with Gasteiger partial charge in [0.25, 0.3) is 0 Å². The molecule has 184 valence electrons. The number of hydrogen-bond donors (Lipinski definition) is 1. The van der Waals surface area contributed by atoms with E-state index in [2.05, 4.69) is 36.0 Å². The molecular formula is C24H35BrN2O5S. The third-order valence-electron chi connectivity index (χ3n) is 7.04. The molecular weight excluding hydrogens is 508 g/mol. The van der Waals surface area contributed by atoms with Crippen LogP contribution in [0.15, 0.2) is 25.3 Å². The zero-order chi connectivity index (χ0) is 24.3. The molecule has 0 aromatic rings. The van der Waals surface area contributed by atoms with Crippen molar-refractivity contribution in [2.75, 3.05) is 26.3 Å². The van der Waals surface area contributed by atoms with Gasteiger partial charge < -0.3 is 19.6 Å². The predicted octanol–water partition coefficient (Wildman–Crippen LogP) is 2.77. The molecule has 7 atom stereocenters. The van der Waals surface area contributed by atoms with Crippen molar-refractivity contribution in [1.29, 1.82) is 0 Å². The molecule has 33 heavy (non-hydrogen) atoms. The van der Waals surface area contributed by atoms with Gasteiger partial charge in [-0.2, -0.15) is 0 Å². The van der Waals surface area contributed by atoms with Crippen molar-refractivity contribution < 1.29 is 24.2 Å². The largest absolute Gasteiger partial charge is 0.461 e. The quantitative estimate of drug-likeness (QED) is 0.232. The van der Waals surface area contributed by atoms with Gasteiger partial charge in [-0.25, -0.2) is 0 Å². The molecule has 4 unspecified atom stereocenters. The first-order valence-corrected chi connectivity index (χ1v) is 13.5. The van der Waals surface area contributed by atoms with Crippen molar-refractivity contribution in [2.45, 2.75) is 66.4 Å². The van der Waals surface area contributed by atoms with Crippen molar-refractivity contribution >= 4 is 45.5 Å². The van der Waals surface area contributed by atoms with E-state index in [4.69, 9.17) is 4.74 Å². The van der Waals surface area contributed by atoms with Crippen LogP contribution in [-0.4, -0.2) is 85.9 Å². The fraction of sp³-hybridized carbons (Fsp3) is 0.708. The summed E-state index contributed by atoms with van der Waals surface area (Å²) in [5.41, 5.74) is 0. The van der Waals surface area contributed by atoms with Crippen molar-refractivity contribution in [1.82, 2.24) is 9.80 Å². The van der Waals surface area contributed by atoms with Crippen LogP contribution in [0.25, 0.3) is 0 Å². The summed E-state index contributed by atoms with van der Waals surface area (Å²) >= 11 is 5.33. The van der Waals surface area contributed by atoms with Crippen LogP contribution in [0, 0.1) is 11.8 Å². The van der Waals surface area contributed by atoms with E-state index < -0.39 is 28.6 Å². The van der Waals surface area contributed by atoms with Gasteiger partial charge in [0, 0.05) is 35.8 Å². The van der Waals surface area contributed by atoms with Gasteiger partial charge in [-0.1, -0.05) is 48.0 Å². The van der Waals surface area contributed by atoms with Gasteiger partial charge in [0.15, 0.2) is 0 Å². The highest BCUT2D eigenvalue weighted by Gasteiger charge is 2.76. The monoisotopic (exact) mass is 542 g/mol. The molecule has 2 bridgehead atoms. The normalized spacial score (nSPS) is 33.0. The van der Waals surface area contributed by atoms with E-state index in [1.807, 2.05) is 11.8 Å². The number of amides is 2. The second-order valence-corrected chi connectivity index (χ2v) is 11.8. The molecule has 0 aromatic heterocycles. The van der Waals surface area contributed by atoms with Crippen LogP contribution in [0.1, 0.15) is 39.5 Å². The van der Waals surface area contributed by atoms with Gasteiger partial charge >= 0.3 is 5.97 Å². The molecule has 3 saturated heterocycles. The van der Waals surface area contributed by atoms with Crippen molar-refractivity contribution in [3.05, 3.63) is 25.3 Å². The molecule has 3 rings (SSSR count). The molecule has 1 spiro atoms. The molecule has 2 amide bonds. The summed E-state index contributed by atoms with van der Waals surface area (Å²) in [5, 5.41) is 9.33. The summed E-state index contributed by atoms with van der Waals surface area (Å²) in [7, 11) is 0. The van der Waals surface area contributed by atoms with E-state index in [0.29, 0.717) is 19.4 Å². The number of aliphatic hydroxyl groups is 1. The summed E-state index contributed by atoms with van der Waals surface area (Å²) < 4.78 is 4.68. The van der Waals surface area contributed by atoms with Crippen molar-refractivity contribution in [3.63, 3.8) is 0 Å². The standard InChI is InChI=1S/C24H35BrN2O5S/c1-5-9-15(4)26(10-6-2)22(30)20-24-14-16(25)19(33-24)17(23(31)32-13-7-3)18(24)21(29)27(20)11-8-12-28/h6-7,15-20,28H,2-3,5,8-14H2,1,4H3/t15?,16?,17-,18-,19-,20?,24?/m0/s1. The Labute approximate surface area is 209 Å². The number of likely N-dealkylation sites (tertiary alicyclic amines) is 1. The highest BCUT2D eigenvalue weighted by molar-refractivity contribution is 9.09. The Hall–Kier alpha value is -1.32. The van der Waals surface area contributed by atoms with Crippen LogP contribution >= 0.6 is 27.7 Å². The lowest BCUT2D eigenvalue weighted by atomic mass is 9.71. The van der Waals surface area contributed by atoms with Gasteiger partial charge in [-0.15, -0.1) is 18.3 Å². The van der Waals surface area contributed by atoms with E-state index in [1.165, 1.54) is 6.08 Å². The fourth-order valence-corrected chi connectivity index (χ4v) is 9.35. The summed E-state index contributed by atoms with van der Waals surface area (Å²) in [6.07, 6.45) is 6.02. The average Bonchev–Trinajstić information content (AvgIpc) is 3.37. The Balaban J connectivity index is 2.03. The van der Waals surface area contributed by atoms with Gasteiger partial charge in [0.1, 0.15) is 12.6 Å². The van der Waals surface area contributed by atoms with E-state index >= 15 is 0 Å². The predicted molar refractivity (Wildman–Crippen MR) is 133 cm³/mol. The summed E-state index contributed by atoms with van der Waals surface area (Å²) in [6.45, 7) is 12.2. The number of carbonyl (C=O) groups excluding carboxylic acids is 3. The topological polar surface area (TPSA) is 87.1 Å². The molecule has 0 aliphatic carbocycles. The summed E-state index contributed by atoms with van der Waals surface area (Å²) in [5.74, 6) is -1.92. The molecule has 0 saturated carbocycles. The minimum Gasteiger partial charge on any atom is -0.461 e. The first-order chi connectivity index (χ1) is 15.8. The fourth-order valence-electron chi connectivity index (χ4n) is 5.75. The lowest BCUT2D eigenvalue weighted by Gasteiger charge is -2.39. The van der Waals surface area contributed by atoms with E-state index in [9.17, 15) is 19.5 Å². The minimum atomic E-state index is -0.703. The number of fused-ring (bicyclic) bond motifs is 1. The summed E-state index contributed by atoms with van der Waals surface area (Å²) in [6, 6.07) is -0.685. The van der Waals surface area contributed by atoms with Crippen LogP contribution in [0.4, 0.5) is 0 Å². The Morgan fingerprint density at radius 1 is 1.42 bits per heavy atom. The Morgan fingerprint density at radius 2 is 2.15 bits per heavy atom. The SMILES string of the molecule is C=CCOC(=O)[C@H]1[C@H]2C(=O)N(CCCO)C(C(=O)N(CC=C)C(C)CCC)C23CC(Br)[C@@H]1S3. The van der Waals surface area contributed by atoms with Gasteiger partial charge in [-0.05, 0) is 26.2 Å². The van der Waals surface area contributed by atoms with Crippen LogP contribution in [0.5, 0.6) is 0 Å². The first-order valence-electron chi connectivity index (χ1n) is 11.7. The zero-order valence-corrected chi connectivity index (χ0v) is 21.9. The van der Waals surface area contributed by atoms with Crippen LogP contribution in [0.2, 0.25) is 0 Å². The number of aliphatic hydroxyl groups excluding tert-OH is 1. The lowest BCUT2D eigenvalue weighted by Crippen LogP contribution is -2.57. The van der Waals surface area contributed by atoms with Crippen molar-refractivity contribution in [2.24, 2.45) is 11.8 Å². The number of rotatable bonds is 12. The number of thioether (sulfide) groups is 1. The zero-order valence-electron chi connectivity index (χ0n) is 19.5. The highest BCUT2D eigenvalue weighted by atomic mass is 79.9. The molecule has 1 N–H and O–H groups in total. The van der Waals surface area contributed by atoms with E-state index in [-0.39, 0.29) is 47.7 Å². The van der Waals surface area contributed by atoms with Crippen molar-refractivity contribution in [3.8, 4) is 0 Å². The number of nitrogens with zero attached hydrogens (tertiary/aromatic N) is 2. The van der Waals surface area contributed by atoms with Gasteiger partial charge in [-0.3, -0.25) is 14.4 Å². The van der Waals surface area contributed by atoms with Crippen LogP contribution in [-0.2, 0) is 19.1 Å². The molecule has 3 fully saturated rings. The molecule has 0 radical (unpaired) electrons. The first kappa shape index (κ1) is 26.3. The Kier molecular flexibility index (Phi) is 8.72. The maximum atomic E-state index is 14.1. The molecule has 3 aliphatic rings. The molecule has 7 nitrogen and oxygen atoms in total. The maximum absolute atomic E-state index is 14.1. The number of carbonyl (C=O) groups is 3. The van der Waals surface area contributed by atoms with Crippen LogP contribution < -0.4 is 0 Å². The Bertz CT molecular complexity index is 795. The number of alkyl halides is 1. The van der Waals surface area contributed by atoms with Gasteiger partial charge in [0.2, 0.25) is 11.8 Å². The summed E-state index contributed by atoms with van der Waals surface area (Å²) in [4.78, 5) is 44.3. The number of ether oxygens (including phenoxy) is 1. The molecule has 0 aromatic carbocycles. The Morgan fingerprint density at radius 3 is 2.76 bits per heavy atom. The number of halogens is 1. The third-order valence-corrected chi connectivity index (χ3v) is 10.3. The van der Waals surface area contributed by atoms with E-state index in [1.54, 1.807) is 22.7 Å². The third kappa shape index (κ3) is 4.52.